The van der Waals surface area contributed by atoms with Crippen molar-refractivity contribution in [2.75, 3.05) is 11.4 Å². The molecule has 0 amide bonds. The molecule has 6 heteroatoms. The number of imidazole rings is 1. The molecule has 0 spiro atoms. The van der Waals surface area contributed by atoms with Crippen LogP contribution in [0.25, 0.3) is 22.1 Å². The molecule has 0 saturated heterocycles. The first kappa shape index (κ1) is 17.2. The molecule has 4 heterocycles. The van der Waals surface area contributed by atoms with Gasteiger partial charge >= 0.3 is 0 Å². The molecular weight excluding hydrogens is 372 g/mol. The summed E-state index contributed by atoms with van der Waals surface area (Å²) in [5.74, 6) is 0.906. The Morgan fingerprint density at radius 2 is 1.83 bits per heavy atom. The lowest BCUT2D eigenvalue weighted by Gasteiger charge is -2.37. The summed E-state index contributed by atoms with van der Waals surface area (Å²) in [6, 6.07) is 19.5. The number of benzene rings is 2. The van der Waals surface area contributed by atoms with E-state index < -0.39 is 0 Å². The summed E-state index contributed by atoms with van der Waals surface area (Å²) >= 11 is 0. The Balaban J connectivity index is 1.46. The first-order valence-corrected chi connectivity index (χ1v) is 10.4. The minimum atomic E-state index is 0.205. The van der Waals surface area contributed by atoms with Crippen LogP contribution in [-0.4, -0.2) is 31.5 Å². The fourth-order valence-electron chi connectivity index (χ4n) is 4.78. The number of nitrogens with one attached hydrogen (secondary N) is 2. The topological polar surface area (TPSA) is 73.5 Å². The summed E-state index contributed by atoms with van der Waals surface area (Å²) in [6.07, 6.45) is 6.31. The molecule has 0 bridgehead atoms. The maximum Gasteiger partial charge on any atom is 0.162 e. The van der Waals surface area contributed by atoms with Gasteiger partial charge in [-0.25, -0.2) is 15.0 Å². The molecule has 6 nitrogen and oxygen atoms in total. The SMILES string of the molecule is c1ccc(CCC2c3[nH]c4ccccc4c3CCN2c2ncnc3[nH]cnc23)cc1. The quantitative estimate of drug-likeness (QED) is 0.468. The summed E-state index contributed by atoms with van der Waals surface area (Å²) in [5.41, 5.74) is 6.92. The summed E-state index contributed by atoms with van der Waals surface area (Å²) in [4.78, 5) is 22.8. The number of aryl methyl sites for hydroxylation is 1. The molecule has 0 aliphatic carbocycles. The predicted molar refractivity (Wildman–Crippen MR) is 119 cm³/mol. The van der Waals surface area contributed by atoms with Crippen molar-refractivity contribution in [2.24, 2.45) is 0 Å². The van der Waals surface area contributed by atoms with Gasteiger partial charge in [0.05, 0.1) is 12.4 Å². The van der Waals surface area contributed by atoms with E-state index in [4.69, 9.17) is 0 Å². The number of H-pyrrole nitrogens is 2. The van der Waals surface area contributed by atoms with Crippen molar-refractivity contribution in [3.63, 3.8) is 0 Å². The lowest BCUT2D eigenvalue weighted by atomic mass is 9.93. The molecule has 6 rings (SSSR count). The van der Waals surface area contributed by atoms with Gasteiger partial charge in [-0.1, -0.05) is 48.5 Å². The van der Waals surface area contributed by atoms with E-state index in [0.717, 1.165) is 42.8 Å². The van der Waals surface area contributed by atoms with Crippen LogP contribution in [0.3, 0.4) is 0 Å². The van der Waals surface area contributed by atoms with Crippen LogP contribution < -0.4 is 4.90 Å². The highest BCUT2D eigenvalue weighted by atomic mass is 15.2. The Bertz CT molecular complexity index is 1320. The third-order valence-electron chi connectivity index (χ3n) is 6.18. The number of fused-ring (bicyclic) bond motifs is 4. The smallest absolute Gasteiger partial charge is 0.162 e. The van der Waals surface area contributed by atoms with E-state index in [1.165, 1.54) is 27.7 Å². The summed E-state index contributed by atoms with van der Waals surface area (Å²) in [6.45, 7) is 0.910. The number of anilines is 1. The fourth-order valence-corrected chi connectivity index (χ4v) is 4.78. The minimum absolute atomic E-state index is 0.205. The highest BCUT2D eigenvalue weighted by molar-refractivity contribution is 5.87. The van der Waals surface area contributed by atoms with Gasteiger partial charge in [0, 0.05) is 23.1 Å². The maximum absolute atomic E-state index is 4.65. The molecule has 1 atom stereocenters. The van der Waals surface area contributed by atoms with E-state index in [2.05, 4.69) is 84.4 Å². The van der Waals surface area contributed by atoms with E-state index in [1.807, 2.05) is 0 Å². The first-order chi connectivity index (χ1) is 14.9. The van der Waals surface area contributed by atoms with Crippen molar-refractivity contribution in [3.05, 3.63) is 84.1 Å². The zero-order valence-corrected chi connectivity index (χ0v) is 16.5. The number of hydrogen-bond acceptors (Lipinski definition) is 4. The van der Waals surface area contributed by atoms with Crippen LogP contribution in [-0.2, 0) is 12.8 Å². The highest BCUT2D eigenvalue weighted by Crippen LogP contribution is 2.40. The fraction of sp³-hybridized carbons (Fsp3) is 0.208. The predicted octanol–water partition coefficient (Wildman–Crippen LogP) is 4.57. The van der Waals surface area contributed by atoms with E-state index in [9.17, 15) is 0 Å². The zero-order chi connectivity index (χ0) is 19.9. The Labute approximate surface area is 174 Å². The van der Waals surface area contributed by atoms with E-state index in [1.54, 1.807) is 12.7 Å². The van der Waals surface area contributed by atoms with Gasteiger partial charge in [-0.2, -0.15) is 0 Å². The molecular formula is C24H22N6. The van der Waals surface area contributed by atoms with Gasteiger partial charge in [0.2, 0.25) is 0 Å². The van der Waals surface area contributed by atoms with E-state index >= 15 is 0 Å². The summed E-state index contributed by atoms with van der Waals surface area (Å²) < 4.78 is 0. The second kappa shape index (κ2) is 6.99. The normalized spacial score (nSPS) is 16.3. The largest absolute Gasteiger partial charge is 0.356 e. The molecule has 0 fully saturated rings. The molecule has 0 saturated carbocycles. The van der Waals surface area contributed by atoms with E-state index in [0.29, 0.717) is 0 Å². The van der Waals surface area contributed by atoms with Crippen LogP contribution in [0, 0.1) is 0 Å². The number of nitrogens with zero attached hydrogens (tertiary/aromatic N) is 4. The Morgan fingerprint density at radius 3 is 2.77 bits per heavy atom. The third kappa shape index (κ3) is 2.76. The van der Waals surface area contributed by atoms with Crippen LogP contribution in [0.4, 0.5) is 5.82 Å². The van der Waals surface area contributed by atoms with Crippen LogP contribution in [0.5, 0.6) is 0 Å². The van der Waals surface area contributed by atoms with Gasteiger partial charge in [0.25, 0.3) is 0 Å². The molecule has 5 aromatic rings. The van der Waals surface area contributed by atoms with Crippen molar-refractivity contribution in [1.82, 2.24) is 24.9 Å². The Hall–Kier alpha value is -3.67. The average molecular weight is 394 g/mol. The van der Waals surface area contributed by atoms with Crippen molar-refractivity contribution < 1.29 is 0 Å². The van der Waals surface area contributed by atoms with Crippen molar-refractivity contribution in [1.29, 1.82) is 0 Å². The molecule has 2 N–H and O–H groups in total. The van der Waals surface area contributed by atoms with Crippen molar-refractivity contribution in [2.45, 2.75) is 25.3 Å². The minimum Gasteiger partial charge on any atom is -0.356 e. The number of para-hydroxylation sites is 1. The highest BCUT2D eigenvalue weighted by Gasteiger charge is 2.32. The van der Waals surface area contributed by atoms with Gasteiger partial charge < -0.3 is 14.9 Å². The van der Waals surface area contributed by atoms with Crippen LogP contribution >= 0.6 is 0 Å². The number of hydrogen-bond donors (Lipinski definition) is 2. The maximum atomic E-state index is 4.65. The van der Waals surface area contributed by atoms with Gasteiger partial charge in [-0.15, -0.1) is 0 Å². The number of aromatic nitrogens is 5. The molecule has 148 valence electrons. The molecule has 2 aromatic carbocycles. The second-order valence-corrected chi connectivity index (χ2v) is 7.84. The van der Waals surface area contributed by atoms with Crippen LogP contribution in [0.2, 0.25) is 0 Å². The van der Waals surface area contributed by atoms with Gasteiger partial charge in [0.15, 0.2) is 11.5 Å². The Kier molecular flexibility index (Phi) is 4.01. The third-order valence-corrected chi connectivity index (χ3v) is 6.18. The zero-order valence-electron chi connectivity index (χ0n) is 16.5. The molecule has 1 unspecified atom stereocenters. The average Bonchev–Trinajstić information content (AvgIpc) is 3.43. The van der Waals surface area contributed by atoms with Crippen molar-refractivity contribution >= 4 is 27.9 Å². The second-order valence-electron chi connectivity index (χ2n) is 7.84. The summed E-state index contributed by atoms with van der Waals surface area (Å²) in [7, 11) is 0. The lowest BCUT2D eigenvalue weighted by molar-refractivity contribution is 0.533. The number of aromatic amines is 2. The van der Waals surface area contributed by atoms with E-state index in [-0.39, 0.29) is 6.04 Å². The molecule has 30 heavy (non-hydrogen) atoms. The standard InChI is InChI=1S/C24H22N6/c1-2-6-16(7-3-1)10-11-20-21-18(17-8-4-5-9-19(17)29-21)12-13-30(20)24-22-23(26-14-25-22)27-15-28-24/h1-9,14-15,20,29H,10-13H2,(H,25,26,27,28). The molecule has 3 aromatic heterocycles. The molecule has 1 aliphatic rings. The van der Waals surface area contributed by atoms with Crippen LogP contribution in [0.15, 0.2) is 67.3 Å². The van der Waals surface area contributed by atoms with Crippen LogP contribution in [0.1, 0.15) is 29.3 Å². The van der Waals surface area contributed by atoms with Gasteiger partial charge in [-0.3, -0.25) is 0 Å². The summed E-state index contributed by atoms with van der Waals surface area (Å²) in [5, 5.41) is 1.34. The first-order valence-electron chi connectivity index (χ1n) is 10.4. The van der Waals surface area contributed by atoms with Gasteiger partial charge in [-0.05, 0) is 36.5 Å². The number of rotatable bonds is 4. The van der Waals surface area contributed by atoms with Crippen molar-refractivity contribution in [3.8, 4) is 0 Å². The molecule has 0 radical (unpaired) electrons. The Morgan fingerprint density at radius 1 is 0.967 bits per heavy atom. The molecule has 1 aliphatic heterocycles. The van der Waals surface area contributed by atoms with Gasteiger partial charge in [0.1, 0.15) is 11.8 Å². The lowest BCUT2D eigenvalue weighted by Crippen LogP contribution is -2.36. The monoisotopic (exact) mass is 394 g/mol.